The third-order valence-electron chi connectivity index (χ3n) is 6.92. The second kappa shape index (κ2) is 11.2. The maximum atomic E-state index is 13.7. The van der Waals surface area contributed by atoms with Gasteiger partial charge in [-0.3, -0.25) is 9.36 Å². The number of hydrogen-bond donors (Lipinski definition) is 0. The van der Waals surface area contributed by atoms with Crippen LogP contribution in [0.1, 0.15) is 29.8 Å². The summed E-state index contributed by atoms with van der Waals surface area (Å²) in [5.41, 5.74) is 2.42. The first-order valence-corrected chi connectivity index (χ1v) is 12.6. The summed E-state index contributed by atoms with van der Waals surface area (Å²) < 4.78 is 1.95. The van der Waals surface area contributed by atoms with E-state index in [2.05, 4.69) is 56.3 Å². The Morgan fingerprint density at radius 3 is 2.25 bits per heavy atom. The number of amides is 1. The zero-order valence-corrected chi connectivity index (χ0v) is 20.7. The number of hydrogen-bond acceptors (Lipinski definition) is 5. The van der Waals surface area contributed by atoms with Crippen molar-refractivity contribution in [2.24, 2.45) is 5.92 Å². The monoisotopic (exact) mass is 480 g/mol. The van der Waals surface area contributed by atoms with Crippen LogP contribution in [-0.2, 0) is 17.8 Å². The first-order chi connectivity index (χ1) is 17.7. The molecule has 36 heavy (non-hydrogen) atoms. The molecule has 1 saturated heterocycles. The van der Waals surface area contributed by atoms with Crippen LogP contribution in [0.2, 0.25) is 0 Å². The zero-order valence-electron chi connectivity index (χ0n) is 20.7. The normalized spacial score (nSPS) is 14.1. The van der Waals surface area contributed by atoms with E-state index in [4.69, 9.17) is 0 Å². The number of aromatic nitrogens is 4. The van der Waals surface area contributed by atoms with Crippen LogP contribution in [0.15, 0.2) is 85.5 Å². The molecule has 184 valence electrons. The number of nitrogens with zero attached hydrogens (tertiary/aromatic N) is 6. The van der Waals surface area contributed by atoms with Gasteiger partial charge < -0.3 is 9.80 Å². The molecule has 0 atom stereocenters. The van der Waals surface area contributed by atoms with Crippen molar-refractivity contribution >= 4 is 11.7 Å². The third-order valence-corrected chi connectivity index (χ3v) is 6.92. The molecule has 0 unspecified atom stereocenters. The van der Waals surface area contributed by atoms with Gasteiger partial charge in [0.15, 0.2) is 0 Å². The van der Waals surface area contributed by atoms with Crippen molar-refractivity contribution in [2.75, 3.05) is 24.5 Å². The molecule has 4 aromatic rings. The van der Waals surface area contributed by atoms with Gasteiger partial charge in [-0.05, 0) is 37.3 Å². The van der Waals surface area contributed by atoms with E-state index in [0.29, 0.717) is 6.54 Å². The van der Waals surface area contributed by atoms with E-state index in [0.717, 1.165) is 56.4 Å². The molecule has 0 N–H and O–H groups in total. The molecule has 1 amide bonds. The van der Waals surface area contributed by atoms with E-state index < -0.39 is 0 Å². The van der Waals surface area contributed by atoms with E-state index in [1.165, 1.54) is 11.1 Å². The Hall–Kier alpha value is -4.00. The van der Waals surface area contributed by atoms with E-state index in [1.54, 1.807) is 12.5 Å². The lowest BCUT2D eigenvalue weighted by molar-refractivity contribution is -0.136. The molecule has 3 heterocycles. The van der Waals surface area contributed by atoms with Crippen molar-refractivity contribution in [3.63, 3.8) is 0 Å². The number of carbonyl (C=O) groups excluding carboxylic acids is 1. The predicted molar refractivity (Wildman–Crippen MR) is 141 cm³/mol. The van der Waals surface area contributed by atoms with Crippen LogP contribution in [-0.4, -0.2) is 50.0 Å². The second-order valence-electron chi connectivity index (χ2n) is 9.32. The lowest BCUT2D eigenvalue weighted by Gasteiger charge is -2.35. The van der Waals surface area contributed by atoms with Gasteiger partial charge in [0.1, 0.15) is 23.8 Å². The van der Waals surface area contributed by atoms with Gasteiger partial charge in [-0.2, -0.15) is 0 Å². The van der Waals surface area contributed by atoms with Crippen LogP contribution in [0.3, 0.4) is 0 Å². The summed E-state index contributed by atoms with van der Waals surface area (Å²) in [5.74, 6) is 2.87. The highest BCUT2D eigenvalue weighted by atomic mass is 16.2. The first kappa shape index (κ1) is 23.7. The molecule has 1 aliphatic heterocycles. The molecule has 0 aliphatic carbocycles. The number of rotatable bonds is 8. The highest BCUT2D eigenvalue weighted by Crippen LogP contribution is 2.25. The van der Waals surface area contributed by atoms with Crippen molar-refractivity contribution in [1.82, 2.24) is 24.4 Å². The van der Waals surface area contributed by atoms with Gasteiger partial charge in [0.05, 0.1) is 0 Å². The highest BCUT2D eigenvalue weighted by molar-refractivity contribution is 5.79. The quantitative estimate of drug-likeness (QED) is 0.373. The van der Waals surface area contributed by atoms with Crippen LogP contribution >= 0.6 is 0 Å². The largest absolute Gasteiger partial charge is 0.356 e. The van der Waals surface area contributed by atoms with E-state index >= 15 is 0 Å². The van der Waals surface area contributed by atoms with E-state index in [-0.39, 0.29) is 11.8 Å². The highest BCUT2D eigenvalue weighted by Gasteiger charge is 2.29. The molecule has 7 heteroatoms. The fraction of sp³-hybridized carbons (Fsp3) is 0.310. The minimum absolute atomic E-state index is 0.0259. The molecular weight excluding hydrogens is 448 g/mol. The van der Waals surface area contributed by atoms with Gasteiger partial charge in [0.25, 0.3) is 0 Å². The predicted octanol–water partition coefficient (Wildman–Crippen LogP) is 4.46. The number of imidazole rings is 1. The Labute approximate surface area is 212 Å². The number of carbonyl (C=O) groups is 1. The summed E-state index contributed by atoms with van der Waals surface area (Å²) in [5, 5.41) is 0. The van der Waals surface area contributed by atoms with E-state index in [1.807, 2.05) is 52.9 Å². The number of anilines is 1. The van der Waals surface area contributed by atoms with Crippen LogP contribution in [0.5, 0.6) is 0 Å². The van der Waals surface area contributed by atoms with Gasteiger partial charge in [0, 0.05) is 50.6 Å². The molecule has 1 fully saturated rings. The molecule has 2 aromatic carbocycles. The fourth-order valence-corrected chi connectivity index (χ4v) is 4.86. The van der Waals surface area contributed by atoms with Gasteiger partial charge in [-0.25, -0.2) is 15.0 Å². The molecule has 0 spiro atoms. The summed E-state index contributed by atoms with van der Waals surface area (Å²) in [6.07, 6.45) is 7.77. The summed E-state index contributed by atoms with van der Waals surface area (Å²) in [7, 11) is 0. The van der Waals surface area contributed by atoms with E-state index in [9.17, 15) is 4.79 Å². The molecule has 1 aliphatic rings. The molecular formula is C29H32N6O. The fourth-order valence-electron chi connectivity index (χ4n) is 4.86. The Morgan fingerprint density at radius 2 is 1.58 bits per heavy atom. The maximum Gasteiger partial charge on any atom is 0.226 e. The standard InChI is InChI=1S/C29H32N6O/c1-23-30-15-19-35(23)28-20-27(31-22-32-28)33-17-13-26(14-18-33)29(36)34(21-25-10-6-3-7-11-25)16-12-24-8-4-2-5-9-24/h2-11,15,19-20,22,26H,12-14,16-18,21H2,1H3. The van der Waals surface area contributed by atoms with Crippen molar-refractivity contribution < 1.29 is 4.79 Å². The Morgan fingerprint density at radius 1 is 0.917 bits per heavy atom. The van der Waals surface area contributed by atoms with Gasteiger partial charge in [0.2, 0.25) is 5.91 Å². The SMILES string of the molecule is Cc1nccn1-c1cc(N2CCC(C(=O)N(CCc3ccccc3)Cc3ccccc3)CC2)ncn1. The number of aryl methyl sites for hydroxylation is 1. The van der Waals surface area contributed by atoms with Crippen molar-refractivity contribution in [1.29, 1.82) is 0 Å². The topological polar surface area (TPSA) is 67.2 Å². The minimum Gasteiger partial charge on any atom is -0.356 e. The molecule has 0 saturated carbocycles. The van der Waals surface area contributed by atoms with Crippen LogP contribution < -0.4 is 4.90 Å². The van der Waals surface area contributed by atoms with Crippen LogP contribution in [0, 0.1) is 12.8 Å². The first-order valence-electron chi connectivity index (χ1n) is 12.6. The van der Waals surface area contributed by atoms with Crippen LogP contribution in [0.25, 0.3) is 5.82 Å². The Bertz CT molecular complexity index is 1270. The summed E-state index contributed by atoms with van der Waals surface area (Å²) >= 11 is 0. The average molecular weight is 481 g/mol. The molecule has 7 nitrogen and oxygen atoms in total. The third kappa shape index (κ3) is 5.62. The summed E-state index contributed by atoms with van der Waals surface area (Å²) in [6, 6.07) is 22.7. The van der Waals surface area contributed by atoms with Crippen molar-refractivity contribution in [2.45, 2.75) is 32.7 Å². The van der Waals surface area contributed by atoms with Crippen LogP contribution in [0.4, 0.5) is 5.82 Å². The second-order valence-corrected chi connectivity index (χ2v) is 9.32. The molecule has 0 bridgehead atoms. The molecule has 0 radical (unpaired) electrons. The van der Waals surface area contributed by atoms with Gasteiger partial charge in [-0.1, -0.05) is 60.7 Å². The van der Waals surface area contributed by atoms with Gasteiger partial charge >= 0.3 is 0 Å². The maximum absolute atomic E-state index is 13.7. The lowest BCUT2D eigenvalue weighted by atomic mass is 9.94. The van der Waals surface area contributed by atoms with Gasteiger partial charge in [-0.15, -0.1) is 0 Å². The smallest absolute Gasteiger partial charge is 0.226 e. The Balaban J connectivity index is 1.24. The summed E-state index contributed by atoms with van der Waals surface area (Å²) in [6.45, 7) is 4.92. The lowest BCUT2D eigenvalue weighted by Crippen LogP contribution is -2.43. The molecule has 2 aromatic heterocycles. The molecule has 5 rings (SSSR count). The zero-order chi connectivity index (χ0) is 24.7. The average Bonchev–Trinajstić information content (AvgIpc) is 3.38. The number of piperidine rings is 1. The van der Waals surface area contributed by atoms with Crippen molar-refractivity contribution in [3.8, 4) is 5.82 Å². The number of benzene rings is 2. The summed E-state index contributed by atoms with van der Waals surface area (Å²) in [4.78, 5) is 31.2. The van der Waals surface area contributed by atoms with Crippen molar-refractivity contribution in [3.05, 3.63) is 102 Å². The minimum atomic E-state index is 0.0259. The Kier molecular flexibility index (Phi) is 7.36.